The Hall–Kier alpha value is -1.62. The van der Waals surface area contributed by atoms with Crippen LogP contribution in [0.25, 0.3) is 0 Å². The quantitative estimate of drug-likeness (QED) is 0.621. The predicted molar refractivity (Wildman–Crippen MR) is 63.9 cm³/mol. The number of nitrogens with zero attached hydrogens (tertiary/aromatic N) is 1. The van der Waals surface area contributed by atoms with Crippen molar-refractivity contribution in [2.45, 2.75) is 37.6 Å². The maximum absolute atomic E-state index is 11.0. The van der Waals surface area contributed by atoms with Gasteiger partial charge in [0.2, 0.25) is 0 Å². The fraction of sp³-hybridized carbons (Fsp3) is 0.500. The number of aromatic hydroxyl groups is 1. The molecule has 0 saturated heterocycles. The lowest BCUT2D eigenvalue weighted by Crippen LogP contribution is -2.45. The zero-order valence-corrected chi connectivity index (χ0v) is 9.93. The SMILES string of the molecule is CC(C)(N)C1(c2cc(O)ccc2[N+](=O)[O-])CC1. The molecule has 0 heterocycles. The van der Waals surface area contributed by atoms with Crippen molar-refractivity contribution in [2.24, 2.45) is 5.73 Å². The van der Waals surface area contributed by atoms with E-state index < -0.39 is 10.5 Å². The first kappa shape index (κ1) is 11.9. The first-order valence-electron chi connectivity index (χ1n) is 5.55. The molecule has 1 aromatic rings. The zero-order valence-electron chi connectivity index (χ0n) is 9.93. The molecule has 3 N–H and O–H groups in total. The Bertz CT molecular complexity index is 473. The number of rotatable bonds is 3. The smallest absolute Gasteiger partial charge is 0.273 e. The molecule has 5 heteroatoms. The van der Waals surface area contributed by atoms with Crippen molar-refractivity contribution >= 4 is 5.69 Å². The Morgan fingerprint density at radius 3 is 2.47 bits per heavy atom. The predicted octanol–water partition coefficient (Wildman–Crippen LogP) is 2.07. The van der Waals surface area contributed by atoms with E-state index in [0.717, 1.165) is 12.8 Å². The summed E-state index contributed by atoms with van der Waals surface area (Å²) in [5.41, 5.74) is 5.80. The number of phenols is 1. The monoisotopic (exact) mass is 236 g/mol. The van der Waals surface area contributed by atoms with Gasteiger partial charge in [0.05, 0.1) is 4.92 Å². The summed E-state index contributed by atoms with van der Waals surface area (Å²) >= 11 is 0. The second-order valence-corrected chi connectivity index (χ2v) is 5.26. The number of phenolic OH excluding ortho intramolecular Hbond substituents is 1. The van der Waals surface area contributed by atoms with E-state index >= 15 is 0 Å². The van der Waals surface area contributed by atoms with E-state index in [4.69, 9.17) is 5.73 Å². The summed E-state index contributed by atoms with van der Waals surface area (Å²) in [5.74, 6) is 0.0427. The van der Waals surface area contributed by atoms with Gasteiger partial charge in [-0.2, -0.15) is 0 Å². The Morgan fingerprint density at radius 2 is 2.06 bits per heavy atom. The average molecular weight is 236 g/mol. The van der Waals surface area contributed by atoms with Crippen LogP contribution in [0.4, 0.5) is 5.69 Å². The Kier molecular flexibility index (Phi) is 2.39. The molecule has 5 nitrogen and oxygen atoms in total. The number of nitrogens with two attached hydrogens (primary N) is 1. The van der Waals surface area contributed by atoms with Crippen LogP contribution in [0, 0.1) is 10.1 Å². The van der Waals surface area contributed by atoms with Gasteiger partial charge >= 0.3 is 0 Å². The van der Waals surface area contributed by atoms with Crippen LogP contribution in [0.2, 0.25) is 0 Å². The molecule has 0 aromatic heterocycles. The van der Waals surface area contributed by atoms with Gasteiger partial charge in [0.15, 0.2) is 0 Å². The van der Waals surface area contributed by atoms with E-state index in [0.29, 0.717) is 5.56 Å². The molecule has 1 saturated carbocycles. The van der Waals surface area contributed by atoms with Gasteiger partial charge in [-0.05, 0) is 38.8 Å². The van der Waals surface area contributed by atoms with Gasteiger partial charge in [0, 0.05) is 22.6 Å². The van der Waals surface area contributed by atoms with Crippen molar-refractivity contribution < 1.29 is 10.0 Å². The number of nitro groups is 1. The summed E-state index contributed by atoms with van der Waals surface area (Å²) in [7, 11) is 0. The maximum atomic E-state index is 11.0. The topological polar surface area (TPSA) is 89.4 Å². The second-order valence-electron chi connectivity index (χ2n) is 5.26. The van der Waals surface area contributed by atoms with Crippen LogP contribution in [0.15, 0.2) is 18.2 Å². The minimum absolute atomic E-state index is 0.0406. The molecule has 0 atom stereocenters. The van der Waals surface area contributed by atoms with Crippen LogP contribution in [0.5, 0.6) is 5.75 Å². The van der Waals surface area contributed by atoms with Crippen LogP contribution in [0.3, 0.4) is 0 Å². The average Bonchev–Trinajstić information content (AvgIpc) is 2.96. The van der Waals surface area contributed by atoms with Crippen LogP contribution >= 0.6 is 0 Å². The molecule has 0 aliphatic heterocycles. The van der Waals surface area contributed by atoms with Gasteiger partial charge in [0.25, 0.3) is 5.69 Å². The van der Waals surface area contributed by atoms with Crippen LogP contribution in [-0.4, -0.2) is 15.6 Å². The Balaban J connectivity index is 2.59. The van der Waals surface area contributed by atoms with Crippen molar-refractivity contribution in [3.8, 4) is 5.75 Å². The molecule has 1 fully saturated rings. The molecule has 0 unspecified atom stereocenters. The van der Waals surface area contributed by atoms with Gasteiger partial charge in [-0.3, -0.25) is 10.1 Å². The third kappa shape index (κ3) is 1.76. The molecule has 2 rings (SSSR count). The van der Waals surface area contributed by atoms with Gasteiger partial charge in [-0.25, -0.2) is 0 Å². The number of hydrogen-bond donors (Lipinski definition) is 2. The Labute approximate surface area is 99.4 Å². The van der Waals surface area contributed by atoms with Crippen LogP contribution in [-0.2, 0) is 5.41 Å². The summed E-state index contributed by atoms with van der Waals surface area (Å²) < 4.78 is 0. The molecule has 0 amide bonds. The standard InChI is InChI=1S/C12H16N2O3/c1-11(2,13)12(5-6-12)9-7-8(15)3-4-10(9)14(16)17/h3-4,7,15H,5-6,13H2,1-2H3. The van der Waals surface area contributed by atoms with Gasteiger partial charge < -0.3 is 10.8 Å². The number of nitro benzene ring substituents is 1. The van der Waals surface area contributed by atoms with Gasteiger partial charge in [-0.1, -0.05) is 0 Å². The number of benzene rings is 1. The van der Waals surface area contributed by atoms with Gasteiger partial charge in [0.1, 0.15) is 5.75 Å². The largest absolute Gasteiger partial charge is 0.508 e. The lowest BCUT2D eigenvalue weighted by Gasteiger charge is -2.30. The highest BCUT2D eigenvalue weighted by molar-refractivity contribution is 5.53. The fourth-order valence-electron chi connectivity index (χ4n) is 2.45. The third-order valence-corrected chi connectivity index (χ3v) is 3.68. The summed E-state index contributed by atoms with van der Waals surface area (Å²) in [6, 6.07) is 4.15. The summed E-state index contributed by atoms with van der Waals surface area (Å²) in [4.78, 5) is 10.6. The highest BCUT2D eigenvalue weighted by atomic mass is 16.6. The zero-order chi connectivity index (χ0) is 12.8. The van der Waals surface area contributed by atoms with E-state index in [1.54, 1.807) is 0 Å². The van der Waals surface area contributed by atoms with E-state index in [-0.39, 0.29) is 16.9 Å². The molecule has 0 bridgehead atoms. The molecule has 1 aliphatic rings. The lowest BCUT2D eigenvalue weighted by atomic mass is 9.78. The first-order chi connectivity index (χ1) is 7.78. The van der Waals surface area contributed by atoms with E-state index in [1.807, 2.05) is 13.8 Å². The van der Waals surface area contributed by atoms with Crippen LogP contribution in [0.1, 0.15) is 32.3 Å². The van der Waals surface area contributed by atoms with E-state index in [1.165, 1.54) is 18.2 Å². The van der Waals surface area contributed by atoms with Crippen molar-refractivity contribution in [3.05, 3.63) is 33.9 Å². The molecule has 0 spiro atoms. The normalized spacial score (nSPS) is 17.8. The third-order valence-electron chi connectivity index (χ3n) is 3.68. The highest BCUT2D eigenvalue weighted by Gasteiger charge is 2.56. The molecule has 1 aliphatic carbocycles. The highest BCUT2D eigenvalue weighted by Crippen LogP contribution is 2.57. The van der Waals surface area contributed by atoms with Crippen LogP contribution < -0.4 is 5.73 Å². The maximum Gasteiger partial charge on any atom is 0.273 e. The van der Waals surface area contributed by atoms with Gasteiger partial charge in [-0.15, -0.1) is 0 Å². The molecule has 92 valence electrons. The summed E-state index contributed by atoms with van der Waals surface area (Å²) in [6.07, 6.45) is 1.64. The summed E-state index contributed by atoms with van der Waals surface area (Å²) in [5, 5.41) is 20.5. The molecule has 17 heavy (non-hydrogen) atoms. The minimum Gasteiger partial charge on any atom is -0.508 e. The molecule has 0 radical (unpaired) electrons. The molecular formula is C12H16N2O3. The first-order valence-corrected chi connectivity index (χ1v) is 5.55. The minimum atomic E-state index is -0.536. The van der Waals surface area contributed by atoms with E-state index in [2.05, 4.69) is 0 Å². The van der Waals surface area contributed by atoms with Crippen molar-refractivity contribution in [2.75, 3.05) is 0 Å². The second kappa shape index (κ2) is 3.43. The Morgan fingerprint density at radius 1 is 1.47 bits per heavy atom. The summed E-state index contributed by atoms with van der Waals surface area (Å²) in [6.45, 7) is 3.74. The van der Waals surface area contributed by atoms with E-state index in [9.17, 15) is 15.2 Å². The molecular weight excluding hydrogens is 220 g/mol. The van der Waals surface area contributed by atoms with Crippen molar-refractivity contribution in [1.29, 1.82) is 0 Å². The van der Waals surface area contributed by atoms with Crippen molar-refractivity contribution in [1.82, 2.24) is 0 Å². The van der Waals surface area contributed by atoms with Crippen molar-refractivity contribution in [3.63, 3.8) is 0 Å². The lowest BCUT2D eigenvalue weighted by molar-refractivity contribution is -0.386. The fourth-order valence-corrected chi connectivity index (χ4v) is 2.45. The number of hydrogen-bond acceptors (Lipinski definition) is 4. The molecule has 1 aromatic carbocycles.